The predicted molar refractivity (Wildman–Crippen MR) is 141 cm³/mol. The zero-order chi connectivity index (χ0) is 27.2. The van der Waals surface area contributed by atoms with Gasteiger partial charge in [-0.25, -0.2) is 14.4 Å². The van der Waals surface area contributed by atoms with Crippen LogP contribution in [0.3, 0.4) is 0 Å². The molecule has 2 heterocycles. The number of imide groups is 1. The summed E-state index contributed by atoms with van der Waals surface area (Å²) in [5.74, 6) is -1.59. The van der Waals surface area contributed by atoms with E-state index >= 15 is 0 Å². The Bertz CT molecular complexity index is 1390. The van der Waals surface area contributed by atoms with Crippen molar-refractivity contribution in [3.8, 4) is 5.69 Å². The van der Waals surface area contributed by atoms with Gasteiger partial charge in [-0.3, -0.25) is 9.59 Å². The van der Waals surface area contributed by atoms with E-state index in [0.29, 0.717) is 12.0 Å². The second-order valence-electron chi connectivity index (χ2n) is 11.2. The molecular formula is C30H33N3O5. The smallest absolute Gasteiger partial charge is 0.417 e. The number of hydrogen-bond donors (Lipinski definition) is 0. The lowest BCUT2D eigenvalue weighted by Crippen LogP contribution is -2.47. The molecule has 8 heteroatoms. The summed E-state index contributed by atoms with van der Waals surface area (Å²) in [4.78, 5) is 41.7. The van der Waals surface area contributed by atoms with Gasteiger partial charge in [-0.2, -0.15) is 5.10 Å². The van der Waals surface area contributed by atoms with Gasteiger partial charge < -0.3 is 9.47 Å². The SMILES string of the molecule is Cc1cc(C)n(-c2cccc(C3(C(=O)N4C(=O)OCC4Cc4ccccc4)CC3C(=O)OC(C)(C)C)c2)n1. The maximum Gasteiger partial charge on any atom is 0.417 e. The number of rotatable bonds is 6. The van der Waals surface area contributed by atoms with E-state index in [1.165, 1.54) is 4.90 Å². The van der Waals surface area contributed by atoms with Crippen molar-refractivity contribution in [3.63, 3.8) is 0 Å². The number of amides is 2. The van der Waals surface area contributed by atoms with E-state index in [2.05, 4.69) is 5.10 Å². The molecule has 1 saturated heterocycles. The first-order chi connectivity index (χ1) is 18.0. The predicted octanol–water partition coefficient (Wildman–Crippen LogP) is 4.68. The van der Waals surface area contributed by atoms with Crippen LogP contribution in [0.1, 0.15) is 49.7 Å². The maximum atomic E-state index is 14.3. The van der Waals surface area contributed by atoms with E-state index in [1.807, 2.05) is 79.2 Å². The van der Waals surface area contributed by atoms with Gasteiger partial charge in [0.05, 0.1) is 28.8 Å². The molecule has 8 nitrogen and oxygen atoms in total. The highest BCUT2D eigenvalue weighted by Crippen LogP contribution is 2.57. The molecule has 198 valence electrons. The first-order valence-corrected chi connectivity index (χ1v) is 12.9. The highest BCUT2D eigenvalue weighted by Gasteiger charge is 2.68. The number of ether oxygens (including phenoxy) is 2. The average Bonchev–Trinajstić information content (AvgIpc) is 3.41. The molecular weight excluding hydrogens is 482 g/mol. The van der Waals surface area contributed by atoms with Gasteiger partial charge in [0, 0.05) is 5.69 Å². The number of carbonyl (C=O) groups is 3. The lowest BCUT2D eigenvalue weighted by Gasteiger charge is -2.27. The third-order valence-corrected chi connectivity index (χ3v) is 7.14. The molecule has 2 fully saturated rings. The zero-order valence-electron chi connectivity index (χ0n) is 22.4. The first-order valence-electron chi connectivity index (χ1n) is 12.9. The summed E-state index contributed by atoms with van der Waals surface area (Å²) in [5, 5.41) is 4.58. The fraction of sp³-hybridized carbons (Fsp3) is 0.400. The Morgan fingerprint density at radius 3 is 2.47 bits per heavy atom. The molecule has 3 unspecified atom stereocenters. The minimum atomic E-state index is -1.23. The lowest BCUT2D eigenvalue weighted by molar-refractivity contribution is -0.158. The molecule has 2 amide bonds. The van der Waals surface area contributed by atoms with Crippen molar-refractivity contribution in [2.75, 3.05) is 6.61 Å². The molecule has 38 heavy (non-hydrogen) atoms. The average molecular weight is 516 g/mol. The van der Waals surface area contributed by atoms with Gasteiger partial charge in [0.25, 0.3) is 0 Å². The highest BCUT2D eigenvalue weighted by atomic mass is 16.6. The van der Waals surface area contributed by atoms with Gasteiger partial charge in [0.1, 0.15) is 12.2 Å². The summed E-state index contributed by atoms with van der Waals surface area (Å²) in [7, 11) is 0. The lowest BCUT2D eigenvalue weighted by atomic mass is 9.90. The normalized spacial score (nSPS) is 22.8. The van der Waals surface area contributed by atoms with E-state index in [9.17, 15) is 14.4 Å². The monoisotopic (exact) mass is 515 g/mol. The number of aromatic nitrogens is 2. The van der Waals surface area contributed by atoms with Gasteiger partial charge in [-0.1, -0.05) is 42.5 Å². The number of esters is 1. The molecule has 2 aromatic carbocycles. The van der Waals surface area contributed by atoms with Crippen molar-refractivity contribution in [2.24, 2.45) is 5.92 Å². The van der Waals surface area contributed by atoms with Gasteiger partial charge in [-0.05, 0) is 76.8 Å². The second kappa shape index (κ2) is 9.42. The van der Waals surface area contributed by atoms with Crippen molar-refractivity contribution < 1.29 is 23.9 Å². The van der Waals surface area contributed by atoms with Crippen LogP contribution >= 0.6 is 0 Å². The van der Waals surface area contributed by atoms with E-state index in [0.717, 1.165) is 22.6 Å². The summed E-state index contributed by atoms with van der Waals surface area (Å²) in [6.07, 6.45) is 0.0420. The molecule has 3 atom stereocenters. The largest absolute Gasteiger partial charge is 0.460 e. The summed E-state index contributed by atoms with van der Waals surface area (Å²) >= 11 is 0. The van der Waals surface area contributed by atoms with Gasteiger partial charge >= 0.3 is 12.1 Å². The zero-order valence-corrected chi connectivity index (χ0v) is 22.4. The molecule has 1 saturated carbocycles. The number of carbonyl (C=O) groups excluding carboxylic acids is 3. The van der Waals surface area contributed by atoms with Crippen LogP contribution in [-0.4, -0.2) is 50.9 Å². The van der Waals surface area contributed by atoms with Crippen LogP contribution in [0.15, 0.2) is 60.7 Å². The number of benzene rings is 2. The highest BCUT2D eigenvalue weighted by molar-refractivity contribution is 6.06. The van der Waals surface area contributed by atoms with Crippen LogP contribution in [0.5, 0.6) is 0 Å². The molecule has 0 radical (unpaired) electrons. The maximum absolute atomic E-state index is 14.3. The van der Waals surface area contributed by atoms with Crippen molar-refractivity contribution in [1.29, 1.82) is 0 Å². The van der Waals surface area contributed by atoms with Gasteiger partial charge in [0.2, 0.25) is 5.91 Å². The standard InChI is InChI=1S/C30H33N3O5/c1-19-14-20(2)33(31-19)23-13-9-12-22(16-23)30(17-25(30)26(34)38-29(3,4)5)27(35)32-24(18-37-28(32)36)15-21-10-7-6-8-11-21/h6-14,16,24-25H,15,17-18H2,1-5H3. The van der Waals surface area contributed by atoms with Gasteiger partial charge in [-0.15, -0.1) is 0 Å². The third kappa shape index (κ3) is 4.71. The summed E-state index contributed by atoms with van der Waals surface area (Å²) in [6.45, 7) is 9.39. The molecule has 0 bridgehead atoms. The van der Waals surface area contributed by atoms with Crippen molar-refractivity contribution in [1.82, 2.24) is 14.7 Å². The Balaban J connectivity index is 1.54. The van der Waals surface area contributed by atoms with Crippen LogP contribution in [0.2, 0.25) is 0 Å². The number of aryl methyl sites for hydroxylation is 2. The number of hydrogen-bond acceptors (Lipinski definition) is 6. The summed E-state index contributed by atoms with van der Waals surface area (Å²) in [5.41, 5.74) is 2.32. The topological polar surface area (TPSA) is 90.7 Å². The molecule has 1 aliphatic heterocycles. The second-order valence-corrected chi connectivity index (χ2v) is 11.2. The minimum absolute atomic E-state index is 0.110. The Labute approximate surface area is 222 Å². The van der Waals surface area contributed by atoms with E-state index in [1.54, 1.807) is 20.8 Å². The number of cyclic esters (lactones) is 1. The van der Waals surface area contributed by atoms with E-state index < -0.39 is 40.9 Å². The van der Waals surface area contributed by atoms with Crippen molar-refractivity contribution in [2.45, 2.75) is 64.5 Å². The third-order valence-electron chi connectivity index (χ3n) is 7.14. The first kappa shape index (κ1) is 25.7. The number of nitrogens with zero attached hydrogens (tertiary/aromatic N) is 3. The van der Waals surface area contributed by atoms with E-state index in [-0.39, 0.29) is 13.0 Å². The molecule has 5 rings (SSSR count). The van der Waals surface area contributed by atoms with Crippen LogP contribution in [0, 0.1) is 19.8 Å². The van der Waals surface area contributed by atoms with Crippen molar-refractivity contribution in [3.05, 3.63) is 83.2 Å². The van der Waals surface area contributed by atoms with Crippen molar-refractivity contribution >= 4 is 18.0 Å². The Kier molecular flexibility index (Phi) is 6.37. The molecule has 2 aliphatic rings. The summed E-state index contributed by atoms with van der Waals surface area (Å²) in [6, 6.07) is 18.7. The fourth-order valence-corrected chi connectivity index (χ4v) is 5.37. The fourth-order valence-electron chi connectivity index (χ4n) is 5.37. The Hall–Kier alpha value is -3.94. The van der Waals surface area contributed by atoms with Crippen LogP contribution in [0.25, 0.3) is 5.69 Å². The minimum Gasteiger partial charge on any atom is -0.460 e. The van der Waals surface area contributed by atoms with E-state index in [4.69, 9.17) is 9.47 Å². The van der Waals surface area contributed by atoms with Crippen LogP contribution in [0.4, 0.5) is 4.79 Å². The molecule has 0 spiro atoms. The molecule has 0 N–H and O–H groups in total. The molecule has 1 aliphatic carbocycles. The molecule has 1 aromatic heterocycles. The van der Waals surface area contributed by atoms with Crippen LogP contribution in [-0.2, 0) is 30.9 Å². The molecule has 3 aromatic rings. The Morgan fingerprint density at radius 2 is 1.82 bits per heavy atom. The van der Waals surface area contributed by atoms with Crippen LogP contribution < -0.4 is 0 Å². The summed E-state index contributed by atoms with van der Waals surface area (Å²) < 4.78 is 12.9. The Morgan fingerprint density at radius 1 is 1.08 bits per heavy atom. The quantitative estimate of drug-likeness (QED) is 0.443. The van der Waals surface area contributed by atoms with Gasteiger partial charge in [0.15, 0.2) is 0 Å².